The fraction of sp³-hybridized carbons (Fsp3) is 0.562. The van der Waals surface area contributed by atoms with Crippen molar-refractivity contribution < 1.29 is 4.79 Å². The molecule has 1 saturated heterocycles. The molecule has 1 fully saturated rings. The van der Waals surface area contributed by atoms with Crippen molar-refractivity contribution >= 4 is 5.78 Å². The molecule has 1 aliphatic rings. The maximum atomic E-state index is 12.2. The summed E-state index contributed by atoms with van der Waals surface area (Å²) in [5.74, 6) is 0.322. The van der Waals surface area contributed by atoms with Gasteiger partial charge >= 0.3 is 0 Å². The quantitative estimate of drug-likeness (QED) is 0.825. The molecule has 2 rings (SSSR count). The lowest BCUT2D eigenvalue weighted by molar-refractivity contribution is -0.120. The summed E-state index contributed by atoms with van der Waals surface area (Å²) in [6.45, 7) is 6.03. The van der Waals surface area contributed by atoms with E-state index in [1.54, 1.807) is 0 Å². The molecule has 3 heteroatoms. The number of rotatable bonds is 4. The Morgan fingerprint density at radius 1 is 1.26 bits per heavy atom. The average molecular weight is 260 g/mol. The topological polar surface area (TPSA) is 23.6 Å². The third-order valence-corrected chi connectivity index (χ3v) is 3.81. The molecule has 3 nitrogen and oxygen atoms in total. The summed E-state index contributed by atoms with van der Waals surface area (Å²) >= 11 is 0. The first-order chi connectivity index (χ1) is 9.15. The molecular weight excluding hydrogens is 236 g/mol. The van der Waals surface area contributed by atoms with Crippen LogP contribution in [0.5, 0.6) is 0 Å². The van der Waals surface area contributed by atoms with Crippen molar-refractivity contribution in [2.24, 2.45) is 0 Å². The standard InChI is InChI=1S/C16H24N2O/c1-14-12-17(2)9-6-10-18(14)13-16(19)11-15-7-4-3-5-8-15/h3-5,7-8,14H,6,9-13H2,1-2H3. The Hall–Kier alpha value is -1.19. The van der Waals surface area contributed by atoms with Gasteiger partial charge in [-0.05, 0) is 32.5 Å². The minimum absolute atomic E-state index is 0.322. The third kappa shape index (κ3) is 4.44. The van der Waals surface area contributed by atoms with Crippen molar-refractivity contribution in [3.63, 3.8) is 0 Å². The Morgan fingerprint density at radius 2 is 2.00 bits per heavy atom. The Bertz CT molecular complexity index is 404. The van der Waals surface area contributed by atoms with Crippen LogP contribution in [0, 0.1) is 0 Å². The molecule has 0 saturated carbocycles. The predicted molar refractivity (Wildman–Crippen MR) is 78.3 cm³/mol. The SMILES string of the molecule is CC1CN(C)CCCN1CC(=O)Cc1ccccc1. The zero-order valence-electron chi connectivity index (χ0n) is 12.0. The van der Waals surface area contributed by atoms with Crippen molar-refractivity contribution in [3.05, 3.63) is 35.9 Å². The maximum absolute atomic E-state index is 12.2. The van der Waals surface area contributed by atoms with Gasteiger partial charge in [0.15, 0.2) is 5.78 Å². The van der Waals surface area contributed by atoms with Crippen LogP contribution in [0.25, 0.3) is 0 Å². The molecule has 1 aromatic rings. The maximum Gasteiger partial charge on any atom is 0.151 e. The van der Waals surface area contributed by atoms with Gasteiger partial charge in [0.1, 0.15) is 0 Å². The number of benzene rings is 1. The van der Waals surface area contributed by atoms with Gasteiger partial charge in [-0.2, -0.15) is 0 Å². The highest BCUT2D eigenvalue weighted by atomic mass is 16.1. The van der Waals surface area contributed by atoms with E-state index in [1.165, 1.54) is 0 Å². The lowest BCUT2D eigenvalue weighted by Crippen LogP contribution is -2.41. The van der Waals surface area contributed by atoms with E-state index in [4.69, 9.17) is 0 Å². The normalized spacial score (nSPS) is 22.1. The monoisotopic (exact) mass is 260 g/mol. The molecule has 0 amide bonds. The molecule has 0 aromatic heterocycles. The van der Waals surface area contributed by atoms with Gasteiger partial charge in [0.25, 0.3) is 0 Å². The third-order valence-electron chi connectivity index (χ3n) is 3.81. The average Bonchev–Trinajstić information content (AvgIpc) is 2.52. The minimum Gasteiger partial charge on any atom is -0.305 e. The highest BCUT2D eigenvalue weighted by Crippen LogP contribution is 2.09. The summed E-state index contributed by atoms with van der Waals surface area (Å²) in [7, 11) is 2.16. The Kier molecular flexibility index (Phi) is 5.11. The summed E-state index contributed by atoms with van der Waals surface area (Å²) in [4.78, 5) is 16.8. The van der Waals surface area contributed by atoms with E-state index in [9.17, 15) is 4.79 Å². The predicted octanol–water partition coefficient (Wildman–Crippen LogP) is 1.82. The summed E-state index contributed by atoms with van der Waals surface area (Å²) in [6.07, 6.45) is 1.71. The first-order valence-electron chi connectivity index (χ1n) is 7.13. The molecule has 1 atom stereocenters. The Labute approximate surface area is 116 Å². The van der Waals surface area contributed by atoms with Gasteiger partial charge in [0.05, 0.1) is 6.54 Å². The number of carbonyl (C=O) groups is 1. The molecule has 1 aromatic carbocycles. The van der Waals surface area contributed by atoms with E-state index in [2.05, 4.69) is 23.8 Å². The van der Waals surface area contributed by atoms with Gasteiger partial charge < -0.3 is 4.90 Å². The number of nitrogens with zero attached hydrogens (tertiary/aromatic N) is 2. The number of carbonyl (C=O) groups excluding carboxylic acids is 1. The van der Waals surface area contributed by atoms with Crippen LogP contribution in [0.4, 0.5) is 0 Å². The van der Waals surface area contributed by atoms with Gasteiger partial charge in [-0.1, -0.05) is 30.3 Å². The Morgan fingerprint density at radius 3 is 2.74 bits per heavy atom. The molecule has 0 aliphatic carbocycles. The fourth-order valence-corrected chi connectivity index (χ4v) is 2.76. The van der Waals surface area contributed by atoms with E-state index in [0.717, 1.165) is 31.6 Å². The van der Waals surface area contributed by atoms with Crippen LogP contribution in [0.15, 0.2) is 30.3 Å². The summed E-state index contributed by atoms with van der Waals surface area (Å²) < 4.78 is 0. The van der Waals surface area contributed by atoms with Crippen molar-refractivity contribution in [3.8, 4) is 0 Å². The Balaban J connectivity index is 1.87. The number of Topliss-reactive ketones (excluding diaryl/α,β-unsaturated/α-hetero) is 1. The van der Waals surface area contributed by atoms with Crippen LogP contribution in [0.3, 0.4) is 0 Å². The molecule has 1 unspecified atom stereocenters. The zero-order chi connectivity index (χ0) is 13.7. The zero-order valence-corrected chi connectivity index (χ0v) is 12.0. The number of likely N-dealkylation sites (N-methyl/N-ethyl adjacent to an activating group) is 1. The van der Waals surface area contributed by atoms with Crippen molar-refractivity contribution in [1.29, 1.82) is 0 Å². The highest BCUT2D eigenvalue weighted by Gasteiger charge is 2.21. The molecule has 1 heterocycles. The highest BCUT2D eigenvalue weighted by molar-refractivity contribution is 5.82. The van der Waals surface area contributed by atoms with Gasteiger partial charge in [0.2, 0.25) is 0 Å². The van der Waals surface area contributed by atoms with Crippen LogP contribution in [-0.2, 0) is 11.2 Å². The molecule has 0 N–H and O–H groups in total. The van der Waals surface area contributed by atoms with E-state index in [-0.39, 0.29) is 0 Å². The van der Waals surface area contributed by atoms with Crippen LogP contribution in [0.2, 0.25) is 0 Å². The summed E-state index contributed by atoms with van der Waals surface area (Å²) in [5.41, 5.74) is 1.12. The largest absolute Gasteiger partial charge is 0.305 e. The van der Waals surface area contributed by atoms with Gasteiger partial charge in [-0.3, -0.25) is 9.69 Å². The van der Waals surface area contributed by atoms with E-state index >= 15 is 0 Å². The second kappa shape index (κ2) is 6.83. The van der Waals surface area contributed by atoms with Crippen molar-refractivity contribution in [1.82, 2.24) is 9.80 Å². The molecule has 0 spiro atoms. The molecular formula is C16H24N2O. The van der Waals surface area contributed by atoms with Crippen LogP contribution >= 0.6 is 0 Å². The smallest absolute Gasteiger partial charge is 0.151 e. The van der Waals surface area contributed by atoms with Gasteiger partial charge in [0, 0.05) is 25.6 Å². The lowest BCUT2D eigenvalue weighted by atomic mass is 10.1. The van der Waals surface area contributed by atoms with E-state index in [1.807, 2.05) is 30.3 Å². The number of ketones is 1. The van der Waals surface area contributed by atoms with E-state index in [0.29, 0.717) is 24.8 Å². The number of hydrogen-bond acceptors (Lipinski definition) is 3. The van der Waals surface area contributed by atoms with Gasteiger partial charge in [-0.25, -0.2) is 0 Å². The van der Waals surface area contributed by atoms with Crippen molar-refractivity contribution in [2.45, 2.75) is 25.8 Å². The van der Waals surface area contributed by atoms with Gasteiger partial charge in [-0.15, -0.1) is 0 Å². The van der Waals surface area contributed by atoms with E-state index < -0.39 is 0 Å². The first kappa shape index (κ1) is 14.2. The lowest BCUT2D eigenvalue weighted by Gasteiger charge is -2.27. The second-order valence-electron chi connectivity index (χ2n) is 5.64. The van der Waals surface area contributed by atoms with Crippen LogP contribution < -0.4 is 0 Å². The molecule has 19 heavy (non-hydrogen) atoms. The summed E-state index contributed by atoms with van der Waals surface area (Å²) in [5, 5.41) is 0. The molecule has 1 aliphatic heterocycles. The first-order valence-corrected chi connectivity index (χ1v) is 7.13. The molecule has 104 valence electrons. The fourth-order valence-electron chi connectivity index (χ4n) is 2.76. The number of hydrogen-bond donors (Lipinski definition) is 0. The van der Waals surface area contributed by atoms with Crippen molar-refractivity contribution in [2.75, 3.05) is 33.2 Å². The van der Waals surface area contributed by atoms with Crippen LogP contribution in [-0.4, -0.2) is 54.9 Å². The minimum atomic E-state index is 0.322. The molecule has 0 bridgehead atoms. The molecule has 0 radical (unpaired) electrons. The van der Waals surface area contributed by atoms with Crippen LogP contribution in [0.1, 0.15) is 18.9 Å². The second-order valence-corrected chi connectivity index (χ2v) is 5.64. The summed E-state index contributed by atoms with van der Waals surface area (Å²) in [6, 6.07) is 10.5.